The second-order valence-electron chi connectivity index (χ2n) is 7.70. The number of amides is 3. The number of imide groups is 1. The molecule has 3 amide bonds. The highest BCUT2D eigenvalue weighted by molar-refractivity contribution is 14.1. The molecule has 1 fully saturated rings. The van der Waals surface area contributed by atoms with E-state index in [1.807, 2.05) is 33.8 Å². The van der Waals surface area contributed by atoms with Crippen LogP contribution < -0.4 is 19.5 Å². The van der Waals surface area contributed by atoms with Crippen molar-refractivity contribution in [2.45, 2.75) is 33.8 Å². The molecule has 2 aromatic rings. The van der Waals surface area contributed by atoms with Crippen molar-refractivity contribution in [3.8, 4) is 17.2 Å². The van der Waals surface area contributed by atoms with Crippen LogP contribution >= 0.6 is 34.4 Å². The number of carbonyl (C=O) groups is 3. The lowest BCUT2D eigenvalue weighted by Crippen LogP contribution is -2.36. The molecule has 0 aliphatic carbocycles. The first kappa shape index (κ1) is 26.9. The van der Waals surface area contributed by atoms with Gasteiger partial charge in [-0.3, -0.25) is 19.3 Å². The normalized spacial score (nSPS) is 14.6. The number of hydrogen-bond donors (Lipinski definition) is 1. The van der Waals surface area contributed by atoms with E-state index < -0.39 is 17.1 Å². The summed E-state index contributed by atoms with van der Waals surface area (Å²) in [5.41, 5.74) is 1.24. The molecule has 1 aliphatic heterocycles. The van der Waals surface area contributed by atoms with Crippen LogP contribution in [0.4, 0.5) is 10.5 Å². The summed E-state index contributed by atoms with van der Waals surface area (Å²) in [5, 5.41) is 2.20. The standard InChI is InChI=1S/C25H27IN2O6S/c1-5-32-18-9-7-17(8-10-18)27-22(29)14-28-24(30)21(35-25(28)31)13-16-11-19(26)23(34-15(3)4)20(12-16)33-6-2/h7-13,15H,5-6,14H2,1-4H3,(H,27,29)/b21-13+. The fraction of sp³-hybridized carbons (Fsp3) is 0.320. The summed E-state index contributed by atoms with van der Waals surface area (Å²) in [6, 6.07) is 10.5. The molecule has 0 spiro atoms. The Labute approximate surface area is 222 Å². The van der Waals surface area contributed by atoms with Gasteiger partial charge in [0.25, 0.3) is 11.1 Å². The van der Waals surface area contributed by atoms with Gasteiger partial charge in [0.15, 0.2) is 11.5 Å². The van der Waals surface area contributed by atoms with Crippen LogP contribution in [0.15, 0.2) is 41.3 Å². The molecule has 1 saturated heterocycles. The van der Waals surface area contributed by atoms with Crippen molar-refractivity contribution in [3.63, 3.8) is 0 Å². The monoisotopic (exact) mass is 610 g/mol. The molecule has 0 aromatic heterocycles. The van der Waals surface area contributed by atoms with Gasteiger partial charge >= 0.3 is 0 Å². The number of hydrogen-bond acceptors (Lipinski definition) is 7. The Hall–Kier alpha value is -2.73. The van der Waals surface area contributed by atoms with E-state index >= 15 is 0 Å². The molecule has 2 aromatic carbocycles. The van der Waals surface area contributed by atoms with Crippen molar-refractivity contribution >= 4 is 63.2 Å². The molecule has 10 heteroatoms. The Morgan fingerprint density at radius 3 is 2.43 bits per heavy atom. The number of ether oxygens (including phenoxy) is 3. The predicted octanol–water partition coefficient (Wildman–Crippen LogP) is 5.55. The number of nitrogens with one attached hydrogen (secondary N) is 1. The third-order valence-corrected chi connectivity index (χ3v) is 6.32. The van der Waals surface area contributed by atoms with E-state index in [-0.39, 0.29) is 17.6 Å². The number of nitrogens with zero attached hydrogens (tertiary/aromatic N) is 1. The van der Waals surface area contributed by atoms with Crippen molar-refractivity contribution in [2.75, 3.05) is 25.1 Å². The third-order valence-electron chi connectivity index (χ3n) is 4.61. The zero-order valence-electron chi connectivity index (χ0n) is 19.9. The molecule has 0 atom stereocenters. The molecule has 0 radical (unpaired) electrons. The van der Waals surface area contributed by atoms with Crippen LogP contribution in [0, 0.1) is 3.57 Å². The smallest absolute Gasteiger partial charge is 0.294 e. The average molecular weight is 610 g/mol. The van der Waals surface area contributed by atoms with Crippen molar-refractivity contribution < 1.29 is 28.6 Å². The SMILES string of the molecule is CCOc1ccc(NC(=O)CN2C(=O)S/C(=C/c3cc(I)c(OC(C)C)c(OCC)c3)C2=O)cc1. The second kappa shape index (κ2) is 12.3. The van der Waals surface area contributed by atoms with Crippen LogP contribution in [0.1, 0.15) is 33.3 Å². The Morgan fingerprint density at radius 2 is 1.80 bits per heavy atom. The van der Waals surface area contributed by atoms with Gasteiger partial charge < -0.3 is 19.5 Å². The van der Waals surface area contributed by atoms with Crippen LogP contribution in [0.25, 0.3) is 6.08 Å². The summed E-state index contributed by atoms with van der Waals surface area (Å²) in [5.74, 6) is 0.901. The molecule has 1 N–H and O–H groups in total. The van der Waals surface area contributed by atoms with Crippen LogP contribution in [0.3, 0.4) is 0 Å². The summed E-state index contributed by atoms with van der Waals surface area (Å²) in [6.45, 7) is 8.24. The summed E-state index contributed by atoms with van der Waals surface area (Å²) in [6.07, 6.45) is 1.60. The van der Waals surface area contributed by atoms with Crippen LogP contribution in [-0.4, -0.2) is 47.8 Å². The quantitative estimate of drug-likeness (QED) is 0.279. The Bertz CT molecular complexity index is 1130. The van der Waals surface area contributed by atoms with E-state index in [9.17, 15) is 14.4 Å². The van der Waals surface area contributed by atoms with Gasteiger partial charge in [0.05, 0.1) is 27.8 Å². The van der Waals surface area contributed by atoms with Gasteiger partial charge in [0.2, 0.25) is 5.91 Å². The topological polar surface area (TPSA) is 94.2 Å². The molecule has 35 heavy (non-hydrogen) atoms. The molecular formula is C25H27IN2O6S. The van der Waals surface area contributed by atoms with Crippen LogP contribution in [0.5, 0.6) is 17.2 Å². The van der Waals surface area contributed by atoms with E-state index in [1.54, 1.807) is 36.4 Å². The van der Waals surface area contributed by atoms with E-state index in [4.69, 9.17) is 14.2 Å². The maximum atomic E-state index is 12.9. The van der Waals surface area contributed by atoms with Gasteiger partial charge in [-0.25, -0.2) is 0 Å². The first-order valence-corrected chi connectivity index (χ1v) is 13.0. The summed E-state index contributed by atoms with van der Waals surface area (Å²) < 4.78 is 17.8. The zero-order valence-corrected chi connectivity index (χ0v) is 22.9. The molecule has 1 heterocycles. The number of rotatable bonds is 10. The van der Waals surface area contributed by atoms with Crippen molar-refractivity contribution in [3.05, 3.63) is 50.4 Å². The minimum absolute atomic E-state index is 0.0289. The van der Waals surface area contributed by atoms with Crippen molar-refractivity contribution in [1.29, 1.82) is 0 Å². The minimum Gasteiger partial charge on any atom is -0.494 e. The lowest BCUT2D eigenvalue weighted by atomic mass is 10.1. The first-order valence-electron chi connectivity index (χ1n) is 11.1. The Balaban J connectivity index is 1.73. The highest BCUT2D eigenvalue weighted by Crippen LogP contribution is 2.38. The van der Waals surface area contributed by atoms with Gasteiger partial charge in [-0.05, 0) is 110 Å². The predicted molar refractivity (Wildman–Crippen MR) is 145 cm³/mol. The molecule has 0 bridgehead atoms. The number of carbonyl (C=O) groups excluding carboxylic acids is 3. The van der Waals surface area contributed by atoms with E-state index in [1.165, 1.54) is 0 Å². The maximum Gasteiger partial charge on any atom is 0.294 e. The van der Waals surface area contributed by atoms with Crippen LogP contribution in [0.2, 0.25) is 0 Å². The van der Waals surface area contributed by atoms with Crippen molar-refractivity contribution in [2.24, 2.45) is 0 Å². The molecule has 0 saturated carbocycles. The number of anilines is 1. The van der Waals surface area contributed by atoms with Crippen LogP contribution in [-0.2, 0) is 9.59 Å². The third kappa shape index (κ3) is 7.14. The average Bonchev–Trinajstić information content (AvgIpc) is 3.05. The van der Waals surface area contributed by atoms with Crippen molar-refractivity contribution in [1.82, 2.24) is 4.90 Å². The molecule has 0 unspecified atom stereocenters. The van der Waals surface area contributed by atoms with Gasteiger partial charge in [0, 0.05) is 5.69 Å². The van der Waals surface area contributed by atoms with Gasteiger partial charge in [0.1, 0.15) is 12.3 Å². The Kier molecular flexibility index (Phi) is 9.44. The second-order valence-corrected chi connectivity index (χ2v) is 9.86. The van der Waals surface area contributed by atoms with Gasteiger partial charge in [-0.1, -0.05) is 0 Å². The number of halogens is 1. The number of thioether (sulfide) groups is 1. The Morgan fingerprint density at radius 1 is 1.11 bits per heavy atom. The molecule has 3 rings (SSSR count). The van der Waals surface area contributed by atoms with E-state index in [0.717, 1.165) is 20.2 Å². The van der Waals surface area contributed by atoms with Gasteiger partial charge in [-0.2, -0.15) is 0 Å². The molecular weight excluding hydrogens is 583 g/mol. The first-order chi connectivity index (χ1) is 16.7. The summed E-state index contributed by atoms with van der Waals surface area (Å²) >= 11 is 2.95. The molecule has 186 valence electrons. The van der Waals surface area contributed by atoms with E-state index in [2.05, 4.69) is 27.9 Å². The summed E-state index contributed by atoms with van der Waals surface area (Å²) in [7, 11) is 0. The maximum absolute atomic E-state index is 12.9. The lowest BCUT2D eigenvalue weighted by Gasteiger charge is -2.17. The van der Waals surface area contributed by atoms with E-state index in [0.29, 0.717) is 41.7 Å². The fourth-order valence-corrected chi connectivity index (χ4v) is 4.81. The fourth-order valence-electron chi connectivity index (χ4n) is 3.22. The minimum atomic E-state index is -0.516. The highest BCUT2D eigenvalue weighted by atomic mass is 127. The highest BCUT2D eigenvalue weighted by Gasteiger charge is 2.36. The summed E-state index contributed by atoms with van der Waals surface area (Å²) in [4.78, 5) is 39.0. The molecule has 1 aliphatic rings. The lowest BCUT2D eigenvalue weighted by molar-refractivity contribution is -0.127. The molecule has 8 nitrogen and oxygen atoms in total. The number of benzene rings is 2. The van der Waals surface area contributed by atoms with Gasteiger partial charge in [-0.15, -0.1) is 0 Å². The zero-order chi connectivity index (χ0) is 25.5. The largest absolute Gasteiger partial charge is 0.494 e.